The van der Waals surface area contributed by atoms with Crippen LogP contribution in [0.2, 0.25) is 0 Å². The summed E-state index contributed by atoms with van der Waals surface area (Å²) in [5.41, 5.74) is -0.731. The molecule has 2 fully saturated rings. The van der Waals surface area contributed by atoms with Gasteiger partial charge in [-0.25, -0.2) is 22.6 Å². The van der Waals surface area contributed by atoms with Crippen molar-refractivity contribution in [3.05, 3.63) is 62.3 Å². The number of nitrogens with zero attached hydrogens (tertiary/aromatic N) is 3. The van der Waals surface area contributed by atoms with E-state index in [0.717, 1.165) is 6.07 Å². The maximum atomic E-state index is 14.8. The molecule has 1 N–H and O–H groups in total. The number of benzene rings is 2. The van der Waals surface area contributed by atoms with Gasteiger partial charge in [0.05, 0.1) is 30.0 Å². The lowest BCUT2D eigenvalue weighted by molar-refractivity contribution is -0.123. The Morgan fingerprint density at radius 3 is 2.62 bits per heavy atom. The third-order valence-electron chi connectivity index (χ3n) is 6.92. The molecule has 1 unspecified atom stereocenters. The monoisotopic (exact) mass is 610 g/mol. The summed E-state index contributed by atoms with van der Waals surface area (Å²) in [6.45, 7) is 1.60. The predicted octanol–water partition coefficient (Wildman–Crippen LogP) is 2.04. The molecule has 2 aromatic carbocycles. The molecule has 0 aliphatic carbocycles. The van der Waals surface area contributed by atoms with Gasteiger partial charge in [-0.3, -0.25) is 14.4 Å². The number of carbonyl (C=O) groups excluding carboxylic acids is 3. The van der Waals surface area contributed by atoms with E-state index < -0.39 is 53.1 Å². The minimum absolute atomic E-state index is 0.0506. The van der Waals surface area contributed by atoms with E-state index in [-0.39, 0.29) is 35.1 Å². The number of anilines is 1. The number of para-hydroxylation sites is 1. The number of nitrogens with one attached hydrogen (secondary N) is 1. The maximum Gasteiger partial charge on any atom is 0.285 e. The van der Waals surface area contributed by atoms with Crippen LogP contribution in [0.15, 0.2) is 39.8 Å². The van der Waals surface area contributed by atoms with Gasteiger partial charge in [0.25, 0.3) is 24.1 Å². The summed E-state index contributed by atoms with van der Waals surface area (Å²) in [6, 6.07) is 5.77. The van der Waals surface area contributed by atoms with E-state index in [0.29, 0.717) is 37.2 Å². The van der Waals surface area contributed by atoms with E-state index in [1.165, 1.54) is 24.3 Å². The highest BCUT2D eigenvalue weighted by Crippen LogP contribution is 2.38. The highest BCUT2D eigenvalue weighted by atomic mass is 79.9. The highest BCUT2D eigenvalue weighted by molar-refractivity contribution is 9.10. The summed E-state index contributed by atoms with van der Waals surface area (Å²) in [4.78, 5) is 45.1. The minimum Gasteiger partial charge on any atom is -0.378 e. The molecule has 13 heteroatoms. The predicted molar refractivity (Wildman–Crippen MR) is 135 cm³/mol. The molecule has 2 aromatic rings. The van der Waals surface area contributed by atoms with Crippen molar-refractivity contribution in [3.63, 3.8) is 0 Å². The van der Waals surface area contributed by atoms with Crippen LogP contribution in [0, 0.1) is 5.82 Å². The van der Waals surface area contributed by atoms with Crippen LogP contribution in [-0.4, -0.2) is 74.2 Å². The van der Waals surface area contributed by atoms with Crippen LogP contribution in [0.4, 0.5) is 23.2 Å². The third-order valence-corrected chi connectivity index (χ3v) is 7.38. The summed E-state index contributed by atoms with van der Waals surface area (Å²) in [6.07, 6.45) is -4.95. The second-order valence-corrected chi connectivity index (χ2v) is 10.3. The van der Waals surface area contributed by atoms with E-state index in [2.05, 4.69) is 26.2 Å². The molecule has 3 amide bonds. The number of morpholine rings is 1. The molecule has 0 bridgehead atoms. The maximum absolute atomic E-state index is 14.8. The van der Waals surface area contributed by atoms with Gasteiger partial charge in [-0.15, -0.1) is 0 Å². The Balaban J connectivity index is 1.43. The van der Waals surface area contributed by atoms with Crippen LogP contribution in [-0.2, 0) is 14.3 Å². The van der Waals surface area contributed by atoms with Gasteiger partial charge in [0.15, 0.2) is 0 Å². The molecule has 2 saturated heterocycles. The van der Waals surface area contributed by atoms with Crippen molar-refractivity contribution in [1.29, 1.82) is 0 Å². The Hall–Kier alpha value is -3.32. The first-order valence-corrected chi connectivity index (χ1v) is 13.0. The lowest BCUT2D eigenvalue weighted by atomic mass is 10.0. The van der Waals surface area contributed by atoms with Crippen LogP contribution in [0.1, 0.15) is 28.8 Å². The normalized spacial score (nSPS) is 21.2. The molecule has 39 heavy (non-hydrogen) atoms. The van der Waals surface area contributed by atoms with E-state index in [1.807, 2.05) is 0 Å². The summed E-state index contributed by atoms with van der Waals surface area (Å²) in [7, 11) is 0. The Morgan fingerprint density at radius 2 is 1.90 bits per heavy atom. The smallest absolute Gasteiger partial charge is 0.285 e. The van der Waals surface area contributed by atoms with Crippen molar-refractivity contribution in [2.24, 2.45) is 4.99 Å². The fraction of sp³-hybridized carbons (Fsp3) is 0.385. The zero-order valence-corrected chi connectivity index (χ0v) is 22.0. The number of fused-ring (bicyclic) bond motifs is 1. The molecule has 206 valence electrons. The average Bonchev–Trinajstić information content (AvgIpc) is 3.37. The molecule has 8 nitrogen and oxygen atoms in total. The van der Waals surface area contributed by atoms with Gasteiger partial charge in [-0.2, -0.15) is 0 Å². The number of alkyl halides is 3. The van der Waals surface area contributed by atoms with Gasteiger partial charge >= 0.3 is 0 Å². The van der Waals surface area contributed by atoms with Gasteiger partial charge in [-0.05, 0) is 24.6 Å². The number of amides is 3. The van der Waals surface area contributed by atoms with Crippen LogP contribution >= 0.6 is 15.9 Å². The van der Waals surface area contributed by atoms with Crippen LogP contribution in [0.3, 0.4) is 0 Å². The Kier molecular flexibility index (Phi) is 7.72. The molecule has 0 radical (unpaired) electrons. The van der Waals surface area contributed by atoms with E-state index in [4.69, 9.17) is 4.74 Å². The summed E-state index contributed by atoms with van der Waals surface area (Å²) in [5.74, 6) is -3.48. The molecule has 0 spiro atoms. The van der Waals surface area contributed by atoms with Gasteiger partial charge in [0.1, 0.15) is 11.2 Å². The number of hydrogen-bond donors (Lipinski definition) is 1. The van der Waals surface area contributed by atoms with Crippen molar-refractivity contribution in [2.45, 2.75) is 25.1 Å². The SMILES string of the molecule is O=C(N[C@@H]1CCN(c2c(C(=O)N3CCOCC3)cc(Br)cc2C(F)F)C1)C1=c2cccc(F)c2=NC(=O)C1F. The zero-order chi connectivity index (χ0) is 27.8. The topological polar surface area (TPSA) is 91.3 Å². The van der Waals surface area contributed by atoms with Crippen molar-refractivity contribution in [2.75, 3.05) is 44.3 Å². The molecule has 2 atom stereocenters. The largest absolute Gasteiger partial charge is 0.378 e. The Bertz CT molecular complexity index is 1460. The fourth-order valence-corrected chi connectivity index (χ4v) is 5.57. The van der Waals surface area contributed by atoms with Crippen molar-refractivity contribution in [3.8, 4) is 0 Å². The van der Waals surface area contributed by atoms with Gasteiger partial charge in [0.2, 0.25) is 6.17 Å². The highest BCUT2D eigenvalue weighted by Gasteiger charge is 2.36. The number of hydrogen-bond acceptors (Lipinski definition) is 5. The fourth-order valence-electron chi connectivity index (χ4n) is 5.09. The molecular weight excluding hydrogens is 588 g/mol. The molecule has 3 heterocycles. The Morgan fingerprint density at radius 1 is 1.15 bits per heavy atom. The molecule has 5 rings (SSSR count). The quantitative estimate of drug-likeness (QED) is 0.523. The second kappa shape index (κ2) is 11.0. The van der Waals surface area contributed by atoms with Gasteiger partial charge in [-0.1, -0.05) is 28.1 Å². The molecule has 3 aliphatic rings. The second-order valence-electron chi connectivity index (χ2n) is 9.36. The van der Waals surface area contributed by atoms with E-state index in [1.54, 1.807) is 9.80 Å². The first-order chi connectivity index (χ1) is 18.7. The number of carbonyl (C=O) groups is 3. The molecular formula is C26H23BrF4N4O4. The third kappa shape index (κ3) is 5.29. The lowest BCUT2D eigenvalue weighted by Crippen LogP contribution is -2.47. The number of ether oxygens (including phenoxy) is 1. The van der Waals surface area contributed by atoms with Gasteiger partial charge in [0, 0.05) is 47.5 Å². The van der Waals surface area contributed by atoms with Crippen molar-refractivity contribution in [1.82, 2.24) is 10.2 Å². The number of halogens is 5. The molecule has 0 aromatic heterocycles. The first kappa shape index (κ1) is 27.3. The first-order valence-electron chi connectivity index (χ1n) is 12.3. The van der Waals surface area contributed by atoms with Crippen LogP contribution in [0.25, 0.3) is 5.57 Å². The van der Waals surface area contributed by atoms with E-state index >= 15 is 0 Å². The van der Waals surface area contributed by atoms with Gasteiger partial charge < -0.3 is 19.9 Å². The van der Waals surface area contributed by atoms with Crippen LogP contribution < -0.4 is 20.8 Å². The van der Waals surface area contributed by atoms with Crippen molar-refractivity contribution >= 4 is 44.9 Å². The van der Waals surface area contributed by atoms with Crippen LogP contribution in [0.5, 0.6) is 0 Å². The summed E-state index contributed by atoms with van der Waals surface area (Å²) in [5, 5.41) is 2.12. The molecule has 0 saturated carbocycles. The lowest BCUT2D eigenvalue weighted by Gasteiger charge is -2.30. The molecule has 3 aliphatic heterocycles. The van der Waals surface area contributed by atoms with E-state index in [9.17, 15) is 31.9 Å². The average molecular weight is 611 g/mol. The Labute approximate surface area is 228 Å². The number of rotatable bonds is 5. The summed E-state index contributed by atoms with van der Waals surface area (Å²) >= 11 is 3.23. The zero-order valence-electron chi connectivity index (χ0n) is 20.4. The minimum atomic E-state index is -2.88. The van der Waals surface area contributed by atoms with Crippen molar-refractivity contribution < 1.29 is 36.7 Å². The standard InChI is InChI=1S/C26H23BrF4N4O4/c27-13-10-16(23(30)31)22(17(11-13)26(38)34-6-8-39-9-7-34)35-5-4-14(12-35)32-24(36)19-15-2-1-3-18(28)21(15)33-25(37)20(19)29/h1-3,10-11,14,20,23H,4-9,12H2,(H,32,36)/t14-,20?/m1/s1. The summed E-state index contributed by atoms with van der Waals surface area (Å²) < 4.78 is 63.0.